The zero-order valence-electron chi connectivity index (χ0n) is 17.2. The van der Waals surface area contributed by atoms with Gasteiger partial charge in [0.05, 0.1) is 18.0 Å². The molecular weight excluding hydrogens is 404 g/mol. The van der Waals surface area contributed by atoms with Crippen LogP contribution in [0, 0.1) is 0 Å². The first-order chi connectivity index (χ1) is 15.7. The van der Waals surface area contributed by atoms with Crippen molar-refractivity contribution >= 4 is 28.4 Å². The van der Waals surface area contributed by atoms with Crippen LogP contribution in [0.25, 0.3) is 10.8 Å². The molecule has 0 saturated heterocycles. The zero-order chi connectivity index (χ0) is 21.9. The van der Waals surface area contributed by atoms with Gasteiger partial charge in [0.2, 0.25) is 5.76 Å². The molecule has 0 bridgehead atoms. The van der Waals surface area contributed by atoms with Gasteiger partial charge in [0.25, 0.3) is 5.91 Å². The normalized spacial score (nSPS) is 15.6. The van der Waals surface area contributed by atoms with E-state index in [4.69, 9.17) is 9.15 Å². The standard InChI is InChI=1S/C26H20N2O4/c29-25(17-32-26(30)24-11-6-14-31-24)28-23(19-8-2-1-3-9-19)16-22(27-28)21-13-12-18-7-4-5-10-20(18)15-21/h1-15,23H,16-17H2. The van der Waals surface area contributed by atoms with Crippen LogP contribution in [0.5, 0.6) is 0 Å². The molecule has 158 valence electrons. The Morgan fingerprint density at radius 3 is 2.50 bits per heavy atom. The molecule has 1 aliphatic rings. The van der Waals surface area contributed by atoms with Crippen LogP contribution >= 0.6 is 0 Å². The Morgan fingerprint density at radius 1 is 0.938 bits per heavy atom. The summed E-state index contributed by atoms with van der Waals surface area (Å²) in [4.78, 5) is 25.1. The molecule has 2 heterocycles. The monoisotopic (exact) mass is 424 g/mol. The second-order valence-electron chi connectivity index (χ2n) is 7.53. The van der Waals surface area contributed by atoms with Crippen LogP contribution in [0.1, 0.15) is 34.1 Å². The Hall–Kier alpha value is -4.19. The number of carbonyl (C=O) groups excluding carboxylic acids is 2. The quantitative estimate of drug-likeness (QED) is 0.424. The van der Waals surface area contributed by atoms with Gasteiger partial charge in [0, 0.05) is 6.42 Å². The van der Waals surface area contributed by atoms with E-state index in [2.05, 4.69) is 29.4 Å². The SMILES string of the molecule is O=C(OCC(=O)N1N=C(c2ccc3ccccc3c2)CC1c1ccccc1)c1ccco1. The molecule has 0 spiro atoms. The number of rotatable bonds is 5. The van der Waals surface area contributed by atoms with Crippen LogP contribution in [0.3, 0.4) is 0 Å². The van der Waals surface area contributed by atoms with Gasteiger partial charge in [0.15, 0.2) is 6.61 Å². The molecule has 0 aliphatic carbocycles. The molecule has 1 aliphatic heterocycles. The minimum Gasteiger partial charge on any atom is -0.457 e. The molecule has 0 radical (unpaired) electrons. The highest BCUT2D eigenvalue weighted by molar-refractivity contribution is 6.05. The van der Waals surface area contributed by atoms with Crippen molar-refractivity contribution in [1.29, 1.82) is 0 Å². The van der Waals surface area contributed by atoms with Crippen molar-refractivity contribution in [3.63, 3.8) is 0 Å². The maximum Gasteiger partial charge on any atom is 0.374 e. The predicted octanol–water partition coefficient (Wildman–Crippen LogP) is 4.97. The number of nitrogens with zero attached hydrogens (tertiary/aromatic N) is 2. The highest BCUT2D eigenvalue weighted by Gasteiger charge is 2.33. The smallest absolute Gasteiger partial charge is 0.374 e. The van der Waals surface area contributed by atoms with Gasteiger partial charge in [-0.25, -0.2) is 9.80 Å². The van der Waals surface area contributed by atoms with Gasteiger partial charge in [-0.15, -0.1) is 0 Å². The molecule has 4 aromatic rings. The lowest BCUT2D eigenvalue weighted by atomic mass is 9.97. The van der Waals surface area contributed by atoms with Crippen LogP contribution in [-0.2, 0) is 9.53 Å². The zero-order valence-corrected chi connectivity index (χ0v) is 17.2. The van der Waals surface area contributed by atoms with Crippen LogP contribution in [-0.4, -0.2) is 29.2 Å². The fourth-order valence-corrected chi connectivity index (χ4v) is 3.88. The molecule has 1 aromatic heterocycles. The van der Waals surface area contributed by atoms with Crippen LogP contribution in [0.2, 0.25) is 0 Å². The summed E-state index contributed by atoms with van der Waals surface area (Å²) in [5, 5.41) is 8.33. The predicted molar refractivity (Wildman–Crippen MR) is 120 cm³/mol. The summed E-state index contributed by atoms with van der Waals surface area (Å²) in [5.74, 6) is -1.02. The van der Waals surface area contributed by atoms with Crippen LogP contribution in [0.15, 0.2) is 101 Å². The molecule has 32 heavy (non-hydrogen) atoms. The number of benzene rings is 3. The Labute approximate surface area is 184 Å². The van der Waals surface area contributed by atoms with E-state index in [1.165, 1.54) is 17.3 Å². The summed E-state index contributed by atoms with van der Waals surface area (Å²) in [7, 11) is 0. The topological polar surface area (TPSA) is 72.1 Å². The minimum absolute atomic E-state index is 0.0548. The lowest BCUT2D eigenvalue weighted by Crippen LogP contribution is -2.31. The molecule has 0 N–H and O–H groups in total. The molecule has 1 atom stereocenters. The van der Waals surface area contributed by atoms with Crippen molar-refractivity contribution in [2.24, 2.45) is 5.10 Å². The summed E-state index contributed by atoms with van der Waals surface area (Å²) in [6.45, 7) is -0.419. The number of amides is 1. The molecule has 6 nitrogen and oxygen atoms in total. The number of furan rings is 1. The first kappa shape index (κ1) is 19.8. The first-order valence-electron chi connectivity index (χ1n) is 10.3. The van der Waals surface area contributed by atoms with E-state index in [9.17, 15) is 9.59 Å². The molecule has 0 fully saturated rings. The number of fused-ring (bicyclic) bond motifs is 1. The average Bonchev–Trinajstić information content (AvgIpc) is 3.53. The maximum absolute atomic E-state index is 13.0. The Balaban J connectivity index is 1.41. The van der Waals surface area contributed by atoms with Gasteiger partial charge < -0.3 is 9.15 Å². The minimum atomic E-state index is -0.683. The number of hydrogen-bond acceptors (Lipinski definition) is 5. The molecule has 0 saturated carbocycles. The first-order valence-corrected chi connectivity index (χ1v) is 10.3. The summed E-state index contributed by atoms with van der Waals surface area (Å²) in [6.07, 6.45) is 1.95. The van der Waals surface area contributed by atoms with Crippen molar-refractivity contribution in [3.8, 4) is 0 Å². The third-order valence-corrected chi connectivity index (χ3v) is 5.48. The number of esters is 1. The molecule has 3 aromatic carbocycles. The van der Waals surface area contributed by atoms with E-state index >= 15 is 0 Å². The molecule has 1 amide bonds. The second-order valence-corrected chi connectivity index (χ2v) is 7.53. The van der Waals surface area contributed by atoms with E-state index in [1.54, 1.807) is 6.07 Å². The summed E-state index contributed by atoms with van der Waals surface area (Å²) in [5.41, 5.74) is 2.75. The second kappa shape index (κ2) is 8.51. The number of carbonyl (C=O) groups is 2. The van der Waals surface area contributed by atoms with Gasteiger partial charge in [0.1, 0.15) is 0 Å². The lowest BCUT2D eigenvalue weighted by molar-refractivity contribution is -0.136. The van der Waals surface area contributed by atoms with E-state index < -0.39 is 18.5 Å². The van der Waals surface area contributed by atoms with E-state index in [0.29, 0.717) is 6.42 Å². The number of ether oxygens (including phenoxy) is 1. The number of hydrazone groups is 1. The Bertz CT molecular complexity index is 1300. The van der Waals surface area contributed by atoms with E-state index in [-0.39, 0.29) is 11.8 Å². The van der Waals surface area contributed by atoms with E-state index in [0.717, 1.165) is 27.6 Å². The molecule has 6 heteroatoms. The van der Waals surface area contributed by atoms with E-state index in [1.807, 2.05) is 48.5 Å². The van der Waals surface area contributed by atoms with Gasteiger partial charge in [-0.3, -0.25) is 4.79 Å². The average molecular weight is 424 g/mol. The van der Waals surface area contributed by atoms with Crippen molar-refractivity contribution in [1.82, 2.24) is 5.01 Å². The molecule has 5 rings (SSSR count). The van der Waals surface area contributed by atoms with Gasteiger partial charge >= 0.3 is 5.97 Å². The van der Waals surface area contributed by atoms with Gasteiger partial charge in [-0.1, -0.05) is 66.7 Å². The molecule has 1 unspecified atom stereocenters. The summed E-state index contributed by atoms with van der Waals surface area (Å²) < 4.78 is 10.2. The van der Waals surface area contributed by atoms with Crippen molar-refractivity contribution in [2.75, 3.05) is 6.61 Å². The van der Waals surface area contributed by atoms with Crippen LogP contribution in [0.4, 0.5) is 0 Å². The summed E-state index contributed by atoms with van der Waals surface area (Å²) >= 11 is 0. The maximum atomic E-state index is 13.0. The van der Waals surface area contributed by atoms with Gasteiger partial charge in [-0.05, 0) is 40.1 Å². The van der Waals surface area contributed by atoms with Gasteiger partial charge in [-0.2, -0.15) is 5.10 Å². The fraction of sp³-hybridized carbons (Fsp3) is 0.115. The Morgan fingerprint density at radius 2 is 1.72 bits per heavy atom. The fourth-order valence-electron chi connectivity index (χ4n) is 3.88. The Kier molecular flexibility index (Phi) is 5.25. The van der Waals surface area contributed by atoms with Crippen molar-refractivity contribution in [2.45, 2.75) is 12.5 Å². The van der Waals surface area contributed by atoms with Crippen molar-refractivity contribution < 1.29 is 18.7 Å². The highest BCUT2D eigenvalue weighted by Crippen LogP contribution is 2.33. The third kappa shape index (κ3) is 3.90. The number of hydrogen-bond donors (Lipinski definition) is 0. The van der Waals surface area contributed by atoms with Crippen LogP contribution < -0.4 is 0 Å². The lowest BCUT2D eigenvalue weighted by Gasteiger charge is -2.21. The molecular formula is C26H20N2O4. The third-order valence-electron chi connectivity index (χ3n) is 5.48. The largest absolute Gasteiger partial charge is 0.457 e. The highest BCUT2D eigenvalue weighted by atomic mass is 16.5. The summed E-state index contributed by atoms with van der Waals surface area (Å²) in [6, 6.07) is 26.8. The van der Waals surface area contributed by atoms with Crippen molar-refractivity contribution in [3.05, 3.63) is 108 Å².